The molecule has 3 amide bonds. The number of anilines is 1. The summed E-state index contributed by atoms with van der Waals surface area (Å²) < 4.78 is 0. The third-order valence-electron chi connectivity index (χ3n) is 4.74. The van der Waals surface area contributed by atoms with Crippen LogP contribution in [0.2, 0.25) is 0 Å². The molecule has 29 heavy (non-hydrogen) atoms. The molecule has 0 spiro atoms. The van der Waals surface area contributed by atoms with Gasteiger partial charge in [0, 0.05) is 22.9 Å². The lowest BCUT2D eigenvalue weighted by Crippen LogP contribution is -2.33. The van der Waals surface area contributed by atoms with Gasteiger partial charge in [-0.15, -0.1) is 0 Å². The Hall–Kier alpha value is -3.67. The molecule has 4 rings (SSSR count). The number of carbonyl (C=O) groups is 3. The molecule has 3 N–H and O–H groups in total. The monoisotopic (exact) mass is 387 g/mol. The minimum absolute atomic E-state index is 0.145. The Morgan fingerprint density at radius 3 is 2.34 bits per heavy atom. The maximum atomic E-state index is 12.4. The second-order valence-corrected chi connectivity index (χ2v) is 7.12. The highest BCUT2D eigenvalue weighted by molar-refractivity contribution is 6.02. The summed E-state index contributed by atoms with van der Waals surface area (Å²) in [5, 5.41) is 10.3. The van der Waals surface area contributed by atoms with Gasteiger partial charge in [-0.2, -0.15) is 0 Å². The average molecular weight is 387 g/mol. The summed E-state index contributed by atoms with van der Waals surface area (Å²) in [6.07, 6.45) is 2.03. The fraction of sp³-hybridized carbons (Fsp3) is 0.174. The molecule has 0 aromatic heterocycles. The molecule has 3 aromatic rings. The molecule has 1 aliphatic rings. The van der Waals surface area contributed by atoms with E-state index < -0.39 is 0 Å². The lowest BCUT2D eigenvalue weighted by molar-refractivity contribution is -0.115. The fourth-order valence-corrected chi connectivity index (χ4v) is 3.03. The number of amides is 3. The van der Waals surface area contributed by atoms with Gasteiger partial charge < -0.3 is 16.0 Å². The summed E-state index contributed by atoms with van der Waals surface area (Å²) in [5.74, 6) is -0.824. The minimum Gasteiger partial charge on any atom is -0.349 e. The van der Waals surface area contributed by atoms with Crippen LogP contribution in [0.15, 0.2) is 66.7 Å². The molecule has 0 radical (unpaired) electrons. The van der Waals surface area contributed by atoms with Gasteiger partial charge in [-0.3, -0.25) is 14.4 Å². The largest absolute Gasteiger partial charge is 0.349 e. The Morgan fingerprint density at radius 1 is 0.793 bits per heavy atom. The van der Waals surface area contributed by atoms with E-state index in [4.69, 9.17) is 0 Å². The zero-order valence-electron chi connectivity index (χ0n) is 15.8. The third-order valence-corrected chi connectivity index (χ3v) is 4.74. The molecule has 0 unspecified atom stereocenters. The molecule has 0 saturated heterocycles. The van der Waals surface area contributed by atoms with Crippen LogP contribution in [0.4, 0.5) is 5.69 Å². The number of rotatable bonds is 6. The third kappa shape index (κ3) is 4.79. The Kier molecular flexibility index (Phi) is 5.24. The van der Waals surface area contributed by atoms with Crippen molar-refractivity contribution in [3.8, 4) is 0 Å². The molecule has 0 heterocycles. The van der Waals surface area contributed by atoms with E-state index in [1.807, 2.05) is 30.3 Å². The number of fused-ring (bicyclic) bond motifs is 1. The topological polar surface area (TPSA) is 87.3 Å². The summed E-state index contributed by atoms with van der Waals surface area (Å²) in [4.78, 5) is 36.7. The molecule has 3 aromatic carbocycles. The minimum atomic E-state index is -0.362. The first-order valence-electron chi connectivity index (χ1n) is 9.56. The Balaban J connectivity index is 1.33. The first-order chi connectivity index (χ1) is 14.1. The normalized spacial score (nSPS) is 13.0. The van der Waals surface area contributed by atoms with Crippen molar-refractivity contribution in [2.24, 2.45) is 0 Å². The second-order valence-electron chi connectivity index (χ2n) is 7.12. The summed E-state index contributed by atoms with van der Waals surface area (Å²) in [6.45, 7) is -0.163. The van der Waals surface area contributed by atoms with Crippen molar-refractivity contribution >= 4 is 34.2 Å². The molecule has 6 heteroatoms. The van der Waals surface area contributed by atoms with Gasteiger partial charge in [-0.25, -0.2) is 0 Å². The molecule has 146 valence electrons. The quantitative estimate of drug-likeness (QED) is 0.607. The van der Waals surface area contributed by atoms with Crippen LogP contribution >= 0.6 is 0 Å². The van der Waals surface area contributed by atoms with Gasteiger partial charge in [0.25, 0.3) is 11.8 Å². The van der Waals surface area contributed by atoms with E-state index in [9.17, 15) is 14.4 Å². The maximum Gasteiger partial charge on any atom is 0.251 e. The maximum absolute atomic E-state index is 12.4. The average Bonchev–Trinajstić information content (AvgIpc) is 3.56. The highest BCUT2D eigenvalue weighted by atomic mass is 16.2. The Bertz CT molecular complexity index is 1090. The zero-order valence-corrected chi connectivity index (χ0v) is 15.8. The van der Waals surface area contributed by atoms with Gasteiger partial charge in [0.1, 0.15) is 0 Å². The van der Waals surface area contributed by atoms with E-state index in [1.54, 1.807) is 36.4 Å². The van der Waals surface area contributed by atoms with Crippen molar-refractivity contribution in [3.05, 3.63) is 77.9 Å². The molecule has 0 aliphatic heterocycles. The van der Waals surface area contributed by atoms with Gasteiger partial charge in [0.2, 0.25) is 5.91 Å². The van der Waals surface area contributed by atoms with E-state index in [-0.39, 0.29) is 30.3 Å². The summed E-state index contributed by atoms with van der Waals surface area (Å²) in [5.41, 5.74) is 1.50. The van der Waals surface area contributed by atoms with Crippen molar-refractivity contribution in [2.45, 2.75) is 18.9 Å². The number of nitrogens with one attached hydrogen (secondary N) is 3. The van der Waals surface area contributed by atoms with Crippen LogP contribution in [0.3, 0.4) is 0 Å². The van der Waals surface area contributed by atoms with Gasteiger partial charge in [0.15, 0.2) is 0 Å². The SMILES string of the molecule is O=C(CNC(=O)c1ccc2ccccc2c1)Nc1cccc(C(=O)NC2CC2)c1. The van der Waals surface area contributed by atoms with E-state index in [0.717, 1.165) is 23.6 Å². The second kappa shape index (κ2) is 8.14. The first kappa shape index (κ1) is 18.7. The van der Waals surface area contributed by atoms with Crippen molar-refractivity contribution < 1.29 is 14.4 Å². The molecular formula is C23H21N3O3. The van der Waals surface area contributed by atoms with Crippen molar-refractivity contribution in [1.82, 2.24) is 10.6 Å². The van der Waals surface area contributed by atoms with E-state index >= 15 is 0 Å². The standard InChI is InChI=1S/C23H21N3O3/c27-21(25-20-7-3-6-17(13-20)23(29)26-19-10-11-19)14-24-22(28)18-9-8-15-4-1-2-5-16(15)12-18/h1-9,12-13,19H,10-11,14H2,(H,24,28)(H,25,27)(H,26,29). The van der Waals surface area contributed by atoms with Crippen LogP contribution < -0.4 is 16.0 Å². The highest BCUT2D eigenvalue weighted by Crippen LogP contribution is 2.20. The van der Waals surface area contributed by atoms with Crippen LogP contribution in [0, 0.1) is 0 Å². The molecule has 1 saturated carbocycles. The molecular weight excluding hydrogens is 366 g/mol. The van der Waals surface area contributed by atoms with Crippen LogP contribution in [-0.2, 0) is 4.79 Å². The van der Waals surface area contributed by atoms with E-state index in [2.05, 4.69) is 16.0 Å². The van der Waals surface area contributed by atoms with Crippen LogP contribution in [0.1, 0.15) is 33.6 Å². The van der Waals surface area contributed by atoms with Crippen molar-refractivity contribution in [1.29, 1.82) is 0 Å². The van der Waals surface area contributed by atoms with Crippen LogP contribution in [0.25, 0.3) is 10.8 Å². The predicted octanol–water partition coefficient (Wildman–Crippen LogP) is 3.10. The van der Waals surface area contributed by atoms with Gasteiger partial charge in [0.05, 0.1) is 6.54 Å². The first-order valence-corrected chi connectivity index (χ1v) is 9.56. The number of hydrogen-bond donors (Lipinski definition) is 3. The van der Waals surface area contributed by atoms with Crippen LogP contribution in [0.5, 0.6) is 0 Å². The number of benzene rings is 3. The molecule has 0 atom stereocenters. The fourth-order valence-electron chi connectivity index (χ4n) is 3.03. The predicted molar refractivity (Wildman–Crippen MR) is 112 cm³/mol. The number of carbonyl (C=O) groups excluding carboxylic acids is 3. The molecule has 1 aliphatic carbocycles. The van der Waals surface area contributed by atoms with Crippen molar-refractivity contribution in [2.75, 3.05) is 11.9 Å². The number of hydrogen-bond acceptors (Lipinski definition) is 3. The molecule has 1 fully saturated rings. The smallest absolute Gasteiger partial charge is 0.251 e. The summed E-state index contributed by atoms with van der Waals surface area (Å²) in [7, 11) is 0. The summed E-state index contributed by atoms with van der Waals surface area (Å²) in [6, 6.07) is 20.2. The van der Waals surface area contributed by atoms with Gasteiger partial charge in [-0.1, -0.05) is 36.4 Å². The van der Waals surface area contributed by atoms with E-state index in [0.29, 0.717) is 16.8 Å². The molecule has 6 nitrogen and oxygen atoms in total. The Morgan fingerprint density at radius 2 is 1.55 bits per heavy atom. The highest BCUT2D eigenvalue weighted by Gasteiger charge is 2.23. The van der Waals surface area contributed by atoms with Crippen LogP contribution in [-0.4, -0.2) is 30.3 Å². The van der Waals surface area contributed by atoms with E-state index in [1.165, 1.54) is 0 Å². The van der Waals surface area contributed by atoms with Crippen molar-refractivity contribution in [3.63, 3.8) is 0 Å². The Labute approximate surface area is 168 Å². The lowest BCUT2D eigenvalue weighted by Gasteiger charge is -2.09. The van der Waals surface area contributed by atoms with Gasteiger partial charge >= 0.3 is 0 Å². The van der Waals surface area contributed by atoms with Gasteiger partial charge in [-0.05, 0) is 53.9 Å². The zero-order chi connectivity index (χ0) is 20.2. The summed E-state index contributed by atoms with van der Waals surface area (Å²) >= 11 is 0. The lowest BCUT2D eigenvalue weighted by atomic mass is 10.1. The molecule has 0 bridgehead atoms.